The minimum atomic E-state index is -0.0573. The first-order valence-electron chi connectivity index (χ1n) is 7.89. The number of nitrogens with zero attached hydrogens (tertiary/aromatic N) is 2. The Labute approximate surface area is 153 Å². The molecule has 6 heteroatoms. The normalized spacial score (nSPS) is 11.0. The summed E-state index contributed by atoms with van der Waals surface area (Å²) in [5, 5.41) is 0.688. The lowest BCUT2D eigenvalue weighted by atomic mass is 10.1. The van der Waals surface area contributed by atoms with E-state index in [0.717, 1.165) is 21.7 Å². The number of benzene rings is 1. The molecule has 3 heterocycles. The predicted octanol–water partition coefficient (Wildman–Crippen LogP) is 4.15. The molecule has 0 saturated heterocycles. The zero-order valence-corrected chi connectivity index (χ0v) is 14.9. The number of hydrogen-bond donors (Lipinski definition) is 1. The van der Waals surface area contributed by atoms with Crippen molar-refractivity contribution in [3.8, 4) is 0 Å². The fourth-order valence-electron chi connectivity index (χ4n) is 2.80. The van der Waals surface area contributed by atoms with Crippen LogP contribution in [0.25, 0.3) is 10.2 Å². The summed E-state index contributed by atoms with van der Waals surface area (Å²) in [4.78, 5) is 22.2. The largest absolute Gasteiger partial charge is 0.323 e. The van der Waals surface area contributed by atoms with E-state index in [1.807, 2.05) is 36.4 Å². The molecule has 0 amide bonds. The molecule has 0 saturated carbocycles. The Morgan fingerprint density at radius 2 is 1.92 bits per heavy atom. The van der Waals surface area contributed by atoms with Gasteiger partial charge in [-0.15, -0.1) is 11.3 Å². The van der Waals surface area contributed by atoms with Gasteiger partial charge in [-0.3, -0.25) is 14.3 Å². The molecule has 0 aliphatic heterocycles. The molecule has 0 spiro atoms. The molecule has 25 heavy (non-hydrogen) atoms. The summed E-state index contributed by atoms with van der Waals surface area (Å²) in [5.41, 5.74) is 2.12. The van der Waals surface area contributed by atoms with Gasteiger partial charge < -0.3 is 4.98 Å². The summed E-state index contributed by atoms with van der Waals surface area (Å²) < 4.78 is 2.03. The SMILES string of the molecule is O=c1c2cc(Cc3ccccc3)sc2[nH]c(=S)n1Cc1cccnc1. The molecule has 0 bridgehead atoms. The fraction of sp³-hybridized carbons (Fsp3) is 0.105. The Morgan fingerprint density at radius 3 is 2.68 bits per heavy atom. The number of fused-ring (bicyclic) bond motifs is 1. The standard InChI is InChI=1S/C19H15N3OS2/c23-18-16-10-15(9-13-5-2-1-3-6-13)25-17(16)21-19(24)22(18)12-14-7-4-8-20-11-14/h1-8,10-11H,9,12H2,(H,21,24). The van der Waals surface area contributed by atoms with Gasteiger partial charge in [0.25, 0.3) is 5.56 Å². The van der Waals surface area contributed by atoms with Gasteiger partial charge in [-0.2, -0.15) is 0 Å². The lowest BCUT2D eigenvalue weighted by molar-refractivity contribution is 0.733. The maximum Gasteiger partial charge on any atom is 0.263 e. The Hall–Kier alpha value is -2.57. The van der Waals surface area contributed by atoms with Gasteiger partial charge in [-0.1, -0.05) is 36.4 Å². The van der Waals surface area contributed by atoms with E-state index in [2.05, 4.69) is 22.1 Å². The number of pyridine rings is 1. The Bertz CT molecular complexity index is 1130. The van der Waals surface area contributed by atoms with Crippen LogP contribution in [0.1, 0.15) is 16.0 Å². The quantitative estimate of drug-likeness (QED) is 0.553. The molecule has 0 unspecified atom stereocenters. The summed E-state index contributed by atoms with van der Waals surface area (Å²) in [5.74, 6) is 0. The number of hydrogen-bond acceptors (Lipinski definition) is 4. The van der Waals surface area contributed by atoms with Crippen molar-refractivity contribution in [1.82, 2.24) is 14.5 Å². The molecule has 0 aliphatic carbocycles. The van der Waals surface area contributed by atoms with Crippen LogP contribution < -0.4 is 5.56 Å². The molecule has 0 fully saturated rings. The highest BCUT2D eigenvalue weighted by Gasteiger charge is 2.11. The second-order valence-electron chi connectivity index (χ2n) is 5.80. The molecule has 0 atom stereocenters. The molecule has 0 radical (unpaired) electrons. The molecular weight excluding hydrogens is 350 g/mol. The Morgan fingerprint density at radius 1 is 1.12 bits per heavy atom. The van der Waals surface area contributed by atoms with E-state index in [1.165, 1.54) is 5.56 Å². The Kier molecular flexibility index (Phi) is 4.29. The summed E-state index contributed by atoms with van der Waals surface area (Å²) in [6, 6.07) is 16.0. The van der Waals surface area contributed by atoms with Crippen LogP contribution in [0.5, 0.6) is 0 Å². The highest BCUT2D eigenvalue weighted by molar-refractivity contribution is 7.71. The smallest absolute Gasteiger partial charge is 0.263 e. The molecular formula is C19H15N3OS2. The summed E-state index contributed by atoms with van der Waals surface area (Å²) in [7, 11) is 0. The van der Waals surface area contributed by atoms with Crippen molar-refractivity contribution in [2.24, 2.45) is 0 Å². The van der Waals surface area contributed by atoms with Crippen LogP contribution in [0.3, 0.4) is 0 Å². The third-order valence-electron chi connectivity index (χ3n) is 4.01. The van der Waals surface area contributed by atoms with Crippen molar-refractivity contribution in [2.75, 3.05) is 0 Å². The molecule has 4 aromatic rings. The van der Waals surface area contributed by atoms with Gasteiger partial charge in [0.05, 0.1) is 11.9 Å². The van der Waals surface area contributed by atoms with Crippen molar-refractivity contribution in [3.05, 3.63) is 92.1 Å². The average molecular weight is 365 g/mol. The molecule has 3 aromatic heterocycles. The molecule has 4 nitrogen and oxygen atoms in total. The van der Waals surface area contributed by atoms with E-state index in [1.54, 1.807) is 28.3 Å². The van der Waals surface area contributed by atoms with E-state index in [4.69, 9.17) is 12.2 Å². The van der Waals surface area contributed by atoms with Crippen LogP contribution in [-0.2, 0) is 13.0 Å². The number of thiophene rings is 1. The van der Waals surface area contributed by atoms with Gasteiger partial charge in [-0.25, -0.2) is 0 Å². The van der Waals surface area contributed by atoms with Crippen LogP contribution >= 0.6 is 23.6 Å². The minimum Gasteiger partial charge on any atom is -0.323 e. The van der Waals surface area contributed by atoms with Gasteiger partial charge in [0.2, 0.25) is 0 Å². The van der Waals surface area contributed by atoms with E-state index in [9.17, 15) is 4.79 Å². The van der Waals surface area contributed by atoms with Crippen molar-refractivity contribution in [1.29, 1.82) is 0 Å². The first-order chi connectivity index (χ1) is 12.2. The molecule has 4 rings (SSSR count). The van der Waals surface area contributed by atoms with E-state index in [-0.39, 0.29) is 5.56 Å². The van der Waals surface area contributed by atoms with Gasteiger partial charge >= 0.3 is 0 Å². The van der Waals surface area contributed by atoms with E-state index >= 15 is 0 Å². The molecule has 124 valence electrons. The van der Waals surface area contributed by atoms with Crippen molar-refractivity contribution in [3.63, 3.8) is 0 Å². The van der Waals surface area contributed by atoms with Crippen LogP contribution in [-0.4, -0.2) is 14.5 Å². The van der Waals surface area contributed by atoms with E-state index in [0.29, 0.717) is 16.7 Å². The lowest BCUT2D eigenvalue weighted by Gasteiger charge is -2.05. The zero-order chi connectivity index (χ0) is 17.2. The first kappa shape index (κ1) is 15.9. The number of aromatic amines is 1. The number of rotatable bonds is 4. The number of aromatic nitrogens is 3. The second kappa shape index (κ2) is 6.74. The van der Waals surface area contributed by atoms with Crippen LogP contribution in [0, 0.1) is 4.77 Å². The monoisotopic (exact) mass is 365 g/mol. The lowest BCUT2D eigenvalue weighted by Crippen LogP contribution is -2.22. The van der Waals surface area contributed by atoms with Crippen LogP contribution in [0.15, 0.2) is 65.7 Å². The maximum absolute atomic E-state index is 12.9. The third-order valence-corrected chi connectivity index (χ3v) is 5.38. The van der Waals surface area contributed by atoms with Crippen LogP contribution in [0.4, 0.5) is 0 Å². The minimum absolute atomic E-state index is 0.0573. The van der Waals surface area contributed by atoms with Gasteiger partial charge in [0.1, 0.15) is 4.83 Å². The number of H-pyrrole nitrogens is 1. The zero-order valence-electron chi connectivity index (χ0n) is 13.3. The van der Waals surface area contributed by atoms with Crippen molar-refractivity contribution >= 4 is 33.8 Å². The van der Waals surface area contributed by atoms with Crippen LogP contribution in [0.2, 0.25) is 0 Å². The van der Waals surface area contributed by atoms with Crippen molar-refractivity contribution < 1.29 is 0 Å². The molecule has 1 N–H and O–H groups in total. The summed E-state index contributed by atoms with van der Waals surface area (Å²) >= 11 is 6.99. The van der Waals surface area contributed by atoms with Gasteiger partial charge in [0, 0.05) is 23.7 Å². The topological polar surface area (TPSA) is 50.7 Å². The van der Waals surface area contributed by atoms with E-state index < -0.39 is 0 Å². The highest BCUT2D eigenvalue weighted by Crippen LogP contribution is 2.24. The fourth-order valence-corrected chi connectivity index (χ4v) is 4.19. The second-order valence-corrected chi connectivity index (χ2v) is 7.32. The summed E-state index contributed by atoms with van der Waals surface area (Å²) in [6.07, 6.45) is 4.27. The van der Waals surface area contributed by atoms with Gasteiger partial charge in [0.15, 0.2) is 4.77 Å². The molecule has 1 aromatic carbocycles. The molecule has 0 aliphatic rings. The van der Waals surface area contributed by atoms with Gasteiger partial charge in [-0.05, 0) is 35.5 Å². The van der Waals surface area contributed by atoms with Crippen molar-refractivity contribution in [2.45, 2.75) is 13.0 Å². The predicted molar refractivity (Wildman–Crippen MR) is 104 cm³/mol. The first-order valence-corrected chi connectivity index (χ1v) is 9.11. The Balaban J connectivity index is 1.74. The summed E-state index contributed by atoms with van der Waals surface area (Å²) in [6.45, 7) is 0.418. The third kappa shape index (κ3) is 3.31. The number of nitrogens with one attached hydrogen (secondary N) is 1. The maximum atomic E-state index is 12.9. The average Bonchev–Trinajstić information content (AvgIpc) is 3.03. The highest BCUT2D eigenvalue weighted by atomic mass is 32.1.